The summed E-state index contributed by atoms with van der Waals surface area (Å²) in [6, 6.07) is 11.0. The summed E-state index contributed by atoms with van der Waals surface area (Å²) in [5.41, 5.74) is 0.815. The summed E-state index contributed by atoms with van der Waals surface area (Å²) in [7, 11) is 1.61. The van der Waals surface area contributed by atoms with Crippen molar-refractivity contribution in [3.63, 3.8) is 0 Å². The van der Waals surface area contributed by atoms with Gasteiger partial charge < -0.3 is 5.32 Å². The number of thioether (sulfide) groups is 1. The lowest BCUT2D eigenvalue weighted by atomic mass is 10.2. The van der Waals surface area contributed by atoms with Gasteiger partial charge in [-0.25, -0.2) is 9.37 Å². The van der Waals surface area contributed by atoms with Gasteiger partial charge in [0.15, 0.2) is 5.16 Å². The third-order valence-corrected chi connectivity index (χ3v) is 4.80. The Hall–Kier alpha value is -2.38. The van der Waals surface area contributed by atoms with Crippen molar-refractivity contribution in [1.29, 1.82) is 0 Å². The first-order valence-electron chi connectivity index (χ1n) is 7.29. The molecule has 0 aliphatic heterocycles. The van der Waals surface area contributed by atoms with Crippen LogP contribution in [0.1, 0.15) is 0 Å². The van der Waals surface area contributed by atoms with Crippen LogP contribution >= 0.6 is 23.4 Å². The average Bonchev–Trinajstić information content (AvgIpc) is 2.60. The number of fused-ring (bicyclic) bond motifs is 1. The fourth-order valence-electron chi connectivity index (χ4n) is 2.23. The zero-order valence-corrected chi connectivity index (χ0v) is 14.7. The van der Waals surface area contributed by atoms with Gasteiger partial charge in [-0.15, -0.1) is 0 Å². The van der Waals surface area contributed by atoms with Crippen LogP contribution < -0.4 is 10.9 Å². The molecule has 1 heterocycles. The molecule has 0 spiro atoms. The summed E-state index contributed by atoms with van der Waals surface area (Å²) in [6.07, 6.45) is 0. The molecule has 0 radical (unpaired) electrons. The zero-order valence-electron chi connectivity index (χ0n) is 13.1. The van der Waals surface area contributed by atoms with Crippen molar-refractivity contribution >= 4 is 45.9 Å². The van der Waals surface area contributed by atoms with E-state index >= 15 is 0 Å². The number of carbonyl (C=O) groups is 1. The monoisotopic (exact) mass is 377 g/mol. The Kier molecular flexibility index (Phi) is 5.06. The molecule has 3 aromatic rings. The summed E-state index contributed by atoms with van der Waals surface area (Å²) in [4.78, 5) is 28.8. The highest BCUT2D eigenvalue weighted by Gasteiger charge is 2.11. The quantitative estimate of drug-likeness (QED) is 0.558. The molecular formula is C17H13ClFN3O2S. The topological polar surface area (TPSA) is 64.0 Å². The first-order valence-corrected chi connectivity index (χ1v) is 8.65. The van der Waals surface area contributed by atoms with Crippen LogP contribution in [-0.2, 0) is 11.8 Å². The number of anilines is 1. The van der Waals surface area contributed by atoms with Gasteiger partial charge in [-0.05, 0) is 30.3 Å². The summed E-state index contributed by atoms with van der Waals surface area (Å²) < 4.78 is 14.5. The molecule has 0 saturated carbocycles. The molecule has 0 fully saturated rings. The van der Waals surface area contributed by atoms with Gasteiger partial charge in [-0.3, -0.25) is 14.2 Å². The molecule has 3 rings (SSSR count). The molecule has 0 unspecified atom stereocenters. The van der Waals surface area contributed by atoms with Crippen molar-refractivity contribution in [3.8, 4) is 0 Å². The minimum absolute atomic E-state index is 0.0492. The van der Waals surface area contributed by atoms with E-state index in [1.165, 1.54) is 22.8 Å². The molecule has 0 saturated heterocycles. The van der Waals surface area contributed by atoms with E-state index in [1.807, 2.05) is 0 Å². The highest BCUT2D eigenvalue weighted by Crippen LogP contribution is 2.21. The number of hydrogen-bond acceptors (Lipinski definition) is 4. The van der Waals surface area contributed by atoms with E-state index in [0.717, 1.165) is 11.8 Å². The summed E-state index contributed by atoms with van der Waals surface area (Å²) in [5, 5.41) is 3.53. The van der Waals surface area contributed by atoms with Crippen LogP contribution in [0.25, 0.3) is 10.9 Å². The number of rotatable bonds is 4. The molecule has 1 amide bonds. The molecule has 0 bridgehead atoms. The normalized spacial score (nSPS) is 10.8. The Labute approximate surface area is 151 Å². The van der Waals surface area contributed by atoms with Crippen LogP contribution in [0.2, 0.25) is 5.02 Å². The largest absolute Gasteiger partial charge is 0.325 e. The van der Waals surface area contributed by atoms with Crippen LogP contribution in [0, 0.1) is 5.82 Å². The zero-order chi connectivity index (χ0) is 18.0. The standard InChI is InChI=1S/C17H13ClFN3O2S/c1-22-16(24)11-4-2-3-5-14(11)21-17(22)25-9-15(23)20-10-6-7-13(19)12(18)8-10/h2-8H,9H2,1H3,(H,20,23). The Morgan fingerprint density at radius 1 is 1.32 bits per heavy atom. The van der Waals surface area contributed by atoms with Gasteiger partial charge >= 0.3 is 0 Å². The minimum atomic E-state index is -0.551. The fourth-order valence-corrected chi connectivity index (χ4v) is 3.18. The Bertz CT molecular complexity index is 1020. The van der Waals surface area contributed by atoms with Gasteiger partial charge in [0.05, 0.1) is 21.7 Å². The number of para-hydroxylation sites is 1. The third-order valence-electron chi connectivity index (χ3n) is 3.48. The summed E-state index contributed by atoms with van der Waals surface area (Å²) in [6.45, 7) is 0. The smallest absolute Gasteiger partial charge is 0.261 e. The molecule has 128 valence electrons. The highest BCUT2D eigenvalue weighted by atomic mass is 35.5. The van der Waals surface area contributed by atoms with E-state index in [2.05, 4.69) is 10.3 Å². The maximum Gasteiger partial charge on any atom is 0.261 e. The second kappa shape index (κ2) is 7.25. The van der Waals surface area contributed by atoms with Gasteiger partial charge in [-0.1, -0.05) is 35.5 Å². The fraction of sp³-hybridized carbons (Fsp3) is 0.118. The van der Waals surface area contributed by atoms with Gasteiger partial charge in [-0.2, -0.15) is 0 Å². The van der Waals surface area contributed by atoms with Crippen molar-refractivity contribution in [2.45, 2.75) is 5.16 Å². The van der Waals surface area contributed by atoms with Crippen LogP contribution in [-0.4, -0.2) is 21.2 Å². The van der Waals surface area contributed by atoms with Gasteiger partial charge in [0.2, 0.25) is 5.91 Å². The van der Waals surface area contributed by atoms with Crippen molar-refractivity contribution in [2.24, 2.45) is 7.05 Å². The number of nitrogens with one attached hydrogen (secondary N) is 1. The summed E-state index contributed by atoms with van der Waals surface area (Å²) in [5.74, 6) is -0.812. The van der Waals surface area contributed by atoms with Crippen molar-refractivity contribution in [2.75, 3.05) is 11.1 Å². The third kappa shape index (κ3) is 3.83. The minimum Gasteiger partial charge on any atom is -0.325 e. The van der Waals surface area contributed by atoms with E-state index in [0.29, 0.717) is 21.7 Å². The lowest BCUT2D eigenvalue weighted by Gasteiger charge is -2.09. The van der Waals surface area contributed by atoms with E-state index in [9.17, 15) is 14.0 Å². The van der Waals surface area contributed by atoms with Crippen molar-refractivity contribution in [1.82, 2.24) is 9.55 Å². The first kappa shape index (κ1) is 17.4. The predicted octanol–water partition coefficient (Wildman–Crippen LogP) is 3.46. The van der Waals surface area contributed by atoms with E-state index < -0.39 is 5.82 Å². The second-order valence-electron chi connectivity index (χ2n) is 5.24. The second-order valence-corrected chi connectivity index (χ2v) is 6.59. The molecule has 1 aromatic heterocycles. The van der Waals surface area contributed by atoms with Gasteiger partial charge in [0.1, 0.15) is 5.82 Å². The first-order chi connectivity index (χ1) is 12.0. The molecular weight excluding hydrogens is 365 g/mol. The van der Waals surface area contributed by atoms with Crippen LogP contribution in [0.3, 0.4) is 0 Å². The Balaban J connectivity index is 1.73. The lowest BCUT2D eigenvalue weighted by Crippen LogP contribution is -2.21. The Morgan fingerprint density at radius 2 is 2.08 bits per heavy atom. The number of halogens is 2. The molecule has 8 heteroatoms. The molecule has 0 aliphatic carbocycles. The van der Waals surface area contributed by atoms with Crippen LogP contribution in [0.4, 0.5) is 10.1 Å². The molecule has 2 aromatic carbocycles. The van der Waals surface area contributed by atoms with Gasteiger partial charge in [0.25, 0.3) is 5.56 Å². The van der Waals surface area contributed by atoms with Crippen LogP contribution in [0.15, 0.2) is 52.4 Å². The van der Waals surface area contributed by atoms with E-state index in [-0.39, 0.29) is 22.2 Å². The molecule has 25 heavy (non-hydrogen) atoms. The van der Waals surface area contributed by atoms with Gasteiger partial charge in [0, 0.05) is 12.7 Å². The number of aromatic nitrogens is 2. The Morgan fingerprint density at radius 3 is 2.84 bits per heavy atom. The van der Waals surface area contributed by atoms with Crippen LogP contribution in [0.5, 0.6) is 0 Å². The number of amides is 1. The SMILES string of the molecule is Cn1c(SCC(=O)Nc2ccc(F)c(Cl)c2)nc2ccccc2c1=O. The highest BCUT2D eigenvalue weighted by molar-refractivity contribution is 7.99. The van der Waals surface area contributed by atoms with Crippen molar-refractivity contribution in [3.05, 3.63) is 63.7 Å². The maximum atomic E-state index is 13.1. The predicted molar refractivity (Wildman–Crippen MR) is 97.7 cm³/mol. The van der Waals surface area contributed by atoms with E-state index in [4.69, 9.17) is 11.6 Å². The average molecular weight is 378 g/mol. The van der Waals surface area contributed by atoms with Crippen molar-refractivity contribution < 1.29 is 9.18 Å². The number of carbonyl (C=O) groups excluding carboxylic acids is 1. The maximum absolute atomic E-state index is 13.1. The number of hydrogen-bond donors (Lipinski definition) is 1. The molecule has 0 aliphatic rings. The lowest BCUT2D eigenvalue weighted by molar-refractivity contribution is -0.113. The number of benzene rings is 2. The molecule has 5 nitrogen and oxygen atoms in total. The molecule has 0 atom stereocenters. The summed E-state index contributed by atoms with van der Waals surface area (Å²) >= 11 is 6.83. The number of nitrogens with zero attached hydrogens (tertiary/aromatic N) is 2. The molecule has 1 N–H and O–H groups in total. The van der Waals surface area contributed by atoms with E-state index in [1.54, 1.807) is 31.3 Å².